The number of hydrogen-bond acceptors (Lipinski definition) is 0. The van der Waals surface area contributed by atoms with Crippen molar-refractivity contribution in [2.75, 3.05) is 0 Å². The first kappa shape index (κ1) is 32.1. The van der Waals surface area contributed by atoms with Gasteiger partial charge in [-0.3, -0.25) is 0 Å². The maximum Gasteiger partial charge on any atom is -0.00455 e. The molecule has 0 N–H and O–H groups in total. The van der Waals surface area contributed by atoms with Crippen molar-refractivity contribution in [2.24, 2.45) is 11.8 Å². The van der Waals surface area contributed by atoms with Crippen LogP contribution in [0.1, 0.15) is 91.2 Å². The average Bonchev–Trinajstić information content (AvgIpc) is 3.02. The summed E-state index contributed by atoms with van der Waals surface area (Å²) < 4.78 is 0. The van der Waals surface area contributed by atoms with E-state index >= 15 is 0 Å². The molecule has 0 spiro atoms. The van der Waals surface area contributed by atoms with E-state index in [-0.39, 0.29) is 0 Å². The lowest BCUT2D eigenvalue weighted by atomic mass is 9.82. The van der Waals surface area contributed by atoms with E-state index in [9.17, 15) is 0 Å². The summed E-state index contributed by atoms with van der Waals surface area (Å²) in [6, 6.07) is 8.57. The first-order chi connectivity index (χ1) is 18.8. The van der Waals surface area contributed by atoms with Crippen LogP contribution in [0, 0.1) is 11.8 Å². The van der Waals surface area contributed by atoms with E-state index in [0.29, 0.717) is 11.8 Å². The van der Waals surface area contributed by atoms with E-state index in [0.717, 1.165) is 31.3 Å². The van der Waals surface area contributed by atoms with E-state index in [2.05, 4.69) is 133 Å². The van der Waals surface area contributed by atoms with Gasteiger partial charge in [-0.05, 0) is 111 Å². The molecule has 2 unspecified atom stereocenters. The van der Waals surface area contributed by atoms with Crippen molar-refractivity contribution in [2.45, 2.75) is 86.5 Å². The predicted molar refractivity (Wildman–Crippen MR) is 177 cm³/mol. The predicted octanol–water partition coefficient (Wildman–Crippen LogP) is 11.9. The van der Waals surface area contributed by atoms with Crippen molar-refractivity contribution in [3.05, 3.63) is 137 Å². The number of fused-ring (bicyclic) bond motifs is 1. The Balaban J connectivity index is 0.000000274. The van der Waals surface area contributed by atoms with E-state index in [4.69, 9.17) is 0 Å². The molecule has 0 bridgehead atoms. The second-order valence-electron chi connectivity index (χ2n) is 10.8. The van der Waals surface area contributed by atoms with E-state index in [1.807, 2.05) is 6.92 Å². The van der Waals surface area contributed by atoms with Gasteiger partial charge in [0.2, 0.25) is 0 Å². The standard InChI is InChI=1S/C20H22.C19H30/c1-4-10-17(5-2)19-13-7-6-11-18-12-8-9-14-20(18)16(3)15-19;1-6-8-9-10-16(4)19-12-11-18(17(5)14-19)13-15(3)7-2/h4-5,7-10,12-15H,3,6,11H2,1-2H3;6,8,13-15,17H,4,7,9-12H2,1-3,5H3/b10-4-,13-7-,17-5+,19-15+;8-6-,18-13-. The third-order valence-corrected chi connectivity index (χ3v) is 7.73. The molecule has 2 aliphatic carbocycles. The van der Waals surface area contributed by atoms with Gasteiger partial charge in [0, 0.05) is 0 Å². The summed E-state index contributed by atoms with van der Waals surface area (Å²) in [5, 5.41) is 0. The van der Waals surface area contributed by atoms with Crippen LogP contribution in [0.3, 0.4) is 0 Å². The lowest BCUT2D eigenvalue weighted by Crippen LogP contribution is -2.07. The van der Waals surface area contributed by atoms with Crippen LogP contribution in [-0.4, -0.2) is 0 Å². The van der Waals surface area contributed by atoms with Crippen molar-refractivity contribution < 1.29 is 0 Å². The van der Waals surface area contributed by atoms with Crippen LogP contribution in [0.25, 0.3) is 5.57 Å². The minimum absolute atomic E-state index is 0.594. The third kappa shape index (κ3) is 10.5. The maximum atomic E-state index is 4.27. The summed E-state index contributed by atoms with van der Waals surface area (Å²) in [5.41, 5.74) is 10.7. The van der Waals surface area contributed by atoms with Crippen LogP contribution in [0.4, 0.5) is 0 Å². The third-order valence-electron chi connectivity index (χ3n) is 7.73. The molecule has 0 nitrogen and oxygen atoms in total. The molecule has 0 fully saturated rings. The number of allylic oxidation sites excluding steroid dienone is 16. The van der Waals surface area contributed by atoms with Gasteiger partial charge < -0.3 is 0 Å². The lowest BCUT2D eigenvalue weighted by molar-refractivity contribution is 0.650. The van der Waals surface area contributed by atoms with Gasteiger partial charge in [-0.25, -0.2) is 0 Å². The summed E-state index contributed by atoms with van der Waals surface area (Å²) in [4.78, 5) is 0. The summed E-state index contributed by atoms with van der Waals surface area (Å²) >= 11 is 0. The molecule has 39 heavy (non-hydrogen) atoms. The van der Waals surface area contributed by atoms with Crippen molar-refractivity contribution in [3.8, 4) is 0 Å². The minimum Gasteiger partial charge on any atom is -0.0956 e. The molecule has 0 radical (unpaired) electrons. The highest BCUT2D eigenvalue weighted by Gasteiger charge is 2.16. The molecular weight excluding hydrogens is 468 g/mol. The minimum atomic E-state index is 0.594. The number of rotatable bonds is 8. The molecule has 2 atom stereocenters. The fraction of sp³-hybridized carbons (Fsp3) is 0.385. The van der Waals surface area contributed by atoms with Crippen LogP contribution in [0.2, 0.25) is 0 Å². The molecule has 0 saturated heterocycles. The first-order valence-corrected chi connectivity index (χ1v) is 15.0. The zero-order valence-corrected chi connectivity index (χ0v) is 25.6. The van der Waals surface area contributed by atoms with E-state index in [1.54, 1.807) is 5.57 Å². The topological polar surface area (TPSA) is 0 Å². The molecule has 0 saturated carbocycles. The van der Waals surface area contributed by atoms with E-state index in [1.165, 1.54) is 52.7 Å². The Morgan fingerprint density at radius 2 is 1.85 bits per heavy atom. The Bertz CT molecular complexity index is 1170. The maximum absolute atomic E-state index is 4.27. The highest BCUT2D eigenvalue weighted by Crippen LogP contribution is 2.33. The Kier molecular flexibility index (Phi) is 14.4. The SMILES string of the molecule is C=C(CC/C=C\C)C1=CC(C)/C(=C\C(C)CC)CC1.C=C1/C=C(C(/C=C\C)=C/C)\C=C/CCc2ccccc21. The van der Waals surface area contributed by atoms with Crippen LogP contribution in [-0.2, 0) is 6.42 Å². The Morgan fingerprint density at radius 1 is 1.08 bits per heavy atom. The van der Waals surface area contributed by atoms with E-state index < -0.39 is 0 Å². The van der Waals surface area contributed by atoms with Crippen LogP contribution < -0.4 is 0 Å². The van der Waals surface area contributed by atoms with Crippen molar-refractivity contribution in [3.63, 3.8) is 0 Å². The summed E-state index contributed by atoms with van der Waals surface area (Å²) in [6.45, 7) is 21.6. The Labute approximate surface area is 240 Å². The molecule has 0 aromatic heterocycles. The normalized spacial score (nSPS) is 22.1. The fourth-order valence-corrected chi connectivity index (χ4v) is 5.13. The van der Waals surface area contributed by atoms with Gasteiger partial charge in [-0.1, -0.05) is 130 Å². The fourth-order valence-electron chi connectivity index (χ4n) is 5.13. The quantitative estimate of drug-likeness (QED) is 0.236. The monoisotopic (exact) mass is 520 g/mol. The second kappa shape index (κ2) is 17.5. The zero-order chi connectivity index (χ0) is 28.6. The molecule has 0 heterocycles. The van der Waals surface area contributed by atoms with Gasteiger partial charge >= 0.3 is 0 Å². The van der Waals surface area contributed by atoms with Crippen LogP contribution in [0.5, 0.6) is 0 Å². The average molecular weight is 521 g/mol. The largest absolute Gasteiger partial charge is 0.0956 e. The number of benzene rings is 1. The van der Waals surface area contributed by atoms with Gasteiger partial charge in [0.05, 0.1) is 0 Å². The van der Waals surface area contributed by atoms with Crippen molar-refractivity contribution >= 4 is 5.57 Å². The van der Waals surface area contributed by atoms with Gasteiger partial charge in [0.15, 0.2) is 0 Å². The molecular formula is C39H52. The molecule has 208 valence electrons. The smallest absolute Gasteiger partial charge is 0.00455 e. The van der Waals surface area contributed by atoms with Gasteiger partial charge in [-0.2, -0.15) is 0 Å². The highest BCUT2D eigenvalue weighted by molar-refractivity contribution is 5.77. The lowest BCUT2D eigenvalue weighted by Gasteiger charge is -2.24. The zero-order valence-electron chi connectivity index (χ0n) is 25.6. The molecule has 1 aromatic rings. The van der Waals surface area contributed by atoms with Gasteiger partial charge in [0.25, 0.3) is 0 Å². The number of hydrogen-bond donors (Lipinski definition) is 0. The Hall–Kier alpha value is -3.12. The van der Waals surface area contributed by atoms with Crippen molar-refractivity contribution in [1.82, 2.24) is 0 Å². The highest BCUT2D eigenvalue weighted by atomic mass is 14.2. The number of aryl methyl sites for hydroxylation is 1. The molecule has 0 amide bonds. The molecule has 0 heteroatoms. The first-order valence-electron chi connectivity index (χ1n) is 15.0. The second-order valence-corrected chi connectivity index (χ2v) is 10.8. The molecule has 2 aliphatic rings. The molecule has 1 aromatic carbocycles. The summed E-state index contributed by atoms with van der Waals surface area (Å²) in [5.74, 6) is 1.31. The van der Waals surface area contributed by atoms with Crippen molar-refractivity contribution in [1.29, 1.82) is 0 Å². The van der Waals surface area contributed by atoms with Crippen LogP contribution >= 0.6 is 0 Å². The van der Waals surface area contributed by atoms with Crippen LogP contribution in [0.15, 0.2) is 126 Å². The van der Waals surface area contributed by atoms with Gasteiger partial charge in [0.1, 0.15) is 0 Å². The molecule has 3 rings (SSSR count). The Morgan fingerprint density at radius 3 is 2.51 bits per heavy atom. The summed E-state index contributed by atoms with van der Waals surface area (Å²) in [7, 11) is 0. The van der Waals surface area contributed by atoms with Gasteiger partial charge in [-0.15, -0.1) is 0 Å². The molecule has 0 aliphatic heterocycles. The summed E-state index contributed by atoms with van der Waals surface area (Å²) in [6.07, 6.45) is 30.3.